The van der Waals surface area contributed by atoms with E-state index in [9.17, 15) is 9.90 Å². The average Bonchev–Trinajstić information content (AvgIpc) is 2.76. The largest absolute Gasteiger partial charge is 0.510 e. The first-order valence-electron chi connectivity index (χ1n) is 5.97. The number of nitrogens with one attached hydrogen (secondary N) is 1. The minimum absolute atomic E-state index is 0.0475. The molecule has 19 heavy (non-hydrogen) atoms. The van der Waals surface area contributed by atoms with Crippen molar-refractivity contribution in [2.75, 3.05) is 13.7 Å². The molecule has 1 amide bonds. The van der Waals surface area contributed by atoms with Gasteiger partial charge < -0.3 is 15.2 Å². The van der Waals surface area contributed by atoms with Crippen molar-refractivity contribution in [3.05, 3.63) is 41.2 Å². The molecule has 5 heteroatoms. The SMILES string of the molecule is COc1ccccc1CN=C(C)C1=C(O)CNC1=O. The van der Waals surface area contributed by atoms with Gasteiger partial charge >= 0.3 is 0 Å². The summed E-state index contributed by atoms with van der Waals surface area (Å²) in [7, 11) is 1.61. The molecule has 0 aromatic heterocycles. The van der Waals surface area contributed by atoms with Gasteiger partial charge in [-0.15, -0.1) is 0 Å². The first-order valence-corrected chi connectivity index (χ1v) is 5.97. The van der Waals surface area contributed by atoms with Crippen LogP contribution in [0, 0.1) is 0 Å². The third-order valence-corrected chi connectivity index (χ3v) is 2.97. The van der Waals surface area contributed by atoms with E-state index >= 15 is 0 Å². The number of carbonyl (C=O) groups is 1. The summed E-state index contributed by atoms with van der Waals surface area (Å²) < 4.78 is 5.24. The van der Waals surface area contributed by atoms with Gasteiger partial charge in [-0.05, 0) is 13.0 Å². The van der Waals surface area contributed by atoms with E-state index in [0.717, 1.165) is 11.3 Å². The number of amides is 1. The topological polar surface area (TPSA) is 70.9 Å². The number of ether oxygens (including phenoxy) is 1. The van der Waals surface area contributed by atoms with E-state index in [1.165, 1.54) is 0 Å². The smallest absolute Gasteiger partial charge is 0.256 e. The molecular weight excluding hydrogens is 244 g/mol. The summed E-state index contributed by atoms with van der Waals surface area (Å²) in [5, 5.41) is 12.2. The zero-order valence-electron chi connectivity index (χ0n) is 10.9. The number of rotatable bonds is 4. The minimum atomic E-state index is -0.279. The molecule has 1 aliphatic rings. The predicted octanol–water partition coefficient (Wildman–Crippen LogP) is 1.60. The second-order valence-electron chi connectivity index (χ2n) is 4.22. The number of aliphatic imine (C=N–C) groups is 1. The minimum Gasteiger partial charge on any atom is -0.510 e. The molecule has 2 rings (SSSR count). The van der Waals surface area contributed by atoms with Gasteiger partial charge in [-0.2, -0.15) is 0 Å². The second-order valence-corrected chi connectivity index (χ2v) is 4.22. The van der Waals surface area contributed by atoms with Crippen molar-refractivity contribution in [1.29, 1.82) is 0 Å². The fourth-order valence-electron chi connectivity index (χ4n) is 1.96. The molecule has 0 radical (unpaired) electrons. The fourth-order valence-corrected chi connectivity index (χ4v) is 1.96. The van der Waals surface area contributed by atoms with Crippen LogP contribution in [0.1, 0.15) is 12.5 Å². The van der Waals surface area contributed by atoms with Gasteiger partial charge in [-0.1, -0.05) is 18.2 Å². The van der Waals surface area contributed by atoms with Crippen LogP contribution in [0.5, 0.6) is 5.75 Å². The summed E-state index contributed by atoms with van der Waals surface area (Å²) in [5.74, 6) is 0.526. The summed E-state index contributed by atoms with van der Waals surface area (Å²) >= 11 is 0. The van der Waals surface area contributed by atoms with Crippen LogP contribution < -0.4 is 10.1 Å². The van der Waals surface area contributed by atoms with Gasteiger partial charge in [0.05, 0.1) is 25.8 Å². The van der Waals surface area contributed by atoms with Gasteiger partial charge in [0.15, 0.2) is 0 Å². The molecule has 5 nitrogen and oxygen atoms in total. The van der Waals surface area contributed by atoms with Crippen molar-refractivity contribution in [3.8, 4) is 5.75 Å². The Hall–Kier alpha value is -2.30. The van der Waals surface area contributed by atoms with Crippen LogP contribution in [0.15, 0.2) is 40.6 Å². The molecule has 1 aliphatic heterocycles. The van der Waals surface area contributed by atoms with E-state index in [-0.39, 0.29) is 23.8 Å². The van der Waals surface area contributed by atoms with E-state index in [1.54, 1.807) is 14.0 Å². The third-order valence-electron chi connectivity index (χ3n) is 2.97. The van der Waals surface area contributed by atoms with E-state index < -0.39 is 0 Å². The van der Waals surface area contributed by atoms with Crippen LogP contribution in [0.3, 0.4) is 0 Å². The number of hydrogen-bond donors (Lipinski definition) is 2. The van der Waals surface area contributed by atoms with Gasteiger partial charge in [0.2, 0.25) is 0 Å². The average molecular weight is 260 g/mol. The van der Waals surface area contributed by atoms with Crippen LogP contribution in [-0.2, 0) is 11.3 Å². The zero-order valence-corrected chi connectivity index (χ0v) is 10.9. The summed E-state index contributed by atoms with van der Waals surface area (Å²) in [6.45, 7) is 2.29. The molecular formula is C14H16N2O3. The second kappa shape index (κ2) is 5.56. The molecule has 1 aromatic rings. The first kappa shape index (κ1) is 13.1. The Bertz CT molecular complexity index is 562. The Balaban J connectivity index is 2.19. The van der Waals surface area contributed by atoms with Gasteiger partial charge in [-0.25, -0.2) is 0 Å². The maximum Gasteiger partial charge on any atom is 0.256 e. The Morgan fingerprint density at radius 1 is 1.47 bits per heavy atom. The lowest BCUT2D eigenvalue weighted by atomic mass is 10.1. The van der Waals surface area contributed by atoms with Gasteiger partial charge in [0.25, 0.3) is 5.91 Å². The van der Waals surface area contributed by atoms with Crippen LogP contribution in [0.25, 0.3) is 0 Å². The van der Waals surface area contributed by atoms with Crippen LogP contribution in [0.2, 0.25) is 0 Å². The highest BCUT2D eigenvalue weighted by Gasteiger charge is 2.24. The third kappa shape index (κ3) is 2.76. The number of para-hydroxylation sites is 1. The summed E-state index contributed by atoms with van der Waals surface area (Å²) in [5.41, 5.74) is 1.73. The van der Waals surface area contributed by atoms with Crippen molar-refractivity contribution in [2.24, 2.45) is 4.99 Å². The Morgan fingerprint density at radius 3 is 2.84 bits per heavy atom. The molecule has 0 saturated heterocycles. The molecule has 0 aliphatic carbocycles. The molecule has 0 fully saturated rings. The number of aliphatic hydroxyl groups is 1. The number of nitrogens with zero attached hydrogens (tertiary/aromatic N) is 1. The maximum atomic E-state index is 11.5. The lowest BCUT2D eigenvalue weighted by molar-refractivity contribution is -0.116. The van der Waals surface area contributed by atoms with Crippen molar-refractivity contribution in [3.63, 3.8) is 0 Å². The summed E-state index contributed by atoms with van der Waals surface area (Å²) in [6.07, 6.45) is 0. The Morgan fingerprint density at radius 2 is 2.21 bits per heavy atom. The zero-order chi connectivity index (χ0) is 13.8. The number of carbonyl (C=O) groups excluding carboxylic acids is 1. The molecule has 0 saturated carbocycles. The van der Waals surface area contributed by atoms with E-state index in [1.807, 2.05) is 24.3 Å². The molecule has 0 unspecified atom stereocenters. The van der Waals surface area contributed by atoms with Crippen LogP contribution in [-0.4, -0.2) is 30.4 Å². The van der Waals surface area contributed by atoms with Crippen LogP contribution >= 0.6 is 0 Å². The Kier molecular flexibility index (Phi) is 3.85. The summed E-state index contributed by atoms with van der Waals surface area (Å²) in [6, 6.07) is 7.57. The van der Waals surface area contributed by atoms with Crippen molar-refractivity contribution in [1.82, 2.24) is 5.32 Å². The molecule has 2 N–H and O–H groups in total. The number of hydrogen-bond acceptors (Lipinski definition) is 4. The van der Waals surface area contributed by atoms with Crippen molar-refractivity contribution >= 4 is 11.6 Å². The van der Waals surface area contributed by atoms with E-state index in [4.69, 9.17) is 4.74 Å². The predicted molar refractivity (Wildman–Crippen MR) is 72.5 cm³/mol. The fraction of sp³-hybridized carbons (Fsp3) is 0.286. The molecule has 0 atom stereocenters. The van der Waals surface area contributed by atoms with Gasteiger partial charge in [0, 0.05) is 11.3 Å². The quantitative estimate of drug-likeness (QED) is 0.808. The standard InChI is InChI=1S/C14H16N2O3/c1-9(13-11(17)8-16-14(13)18)15-7-10-5-3-4-6-12(10)19-2/h3-6,17H,7-8H2,1-2H3,(H,16,18). The van der Waals surface area contributed by atoms with Crippen molar-refractivity contribution < 1.29 is 14.6 Å². The molecule has 0 spiro atoms. The number of aliphatic hydroxyl groups excluding tert-OH is 1. The van der Waals surface area contributed by atoms with Gasteiger partial charge in [-0.3, -0.25) is 9.79 Å². The molecule has 1 heterocycles. The van der Waals surface area contributed by atoms with E-state index in [2.05, 4.69) is 10.3 Å². The lowest BCUT2D eigenvalue weighted by Crippen LogP contribution is -2.20. The van der Waals surface area contributed by atoms with Crippen LogP contribution in [0.4, 0.5) is 0 Å². The maximum absolute atomic E-state index is 11.5. The van der Waals surface area contributed by atoms with Gasteiger partial charge in [0.1, 0.15) is 11.5 Å². The Labute approximate surface area is 111 Å². The highest BCUT2D eigenvalue weighted by atomic mass is 16.5. The molecule has 0 bridgehead atoms. The first-order chi connectivity index (χ1) is 9.13. The monoisotopic (exact) mass is 260 g/mol. The normalized spacial score (nSPS) is 15.7. The molecule has 100 valence electrons. The number of benzene rings is 1. The highest BCUT2D eigenvalue weighted by molar-refractivity contribution is 6.22. The van der Waals surface area contributed by atoms with Crippen molar-refractivity contribution in [2.45, 2.75) is 13.5 Å². The van der Waals surface area contributed by atoms with E-state index in [0.29, 0.717) is 12.3 Å². The lowest BCUT2D eigenvalue weighted by Gasteiger charge is -2.06. The molecule has 1 aromatic carbocycles. The highest BCUT2D eigenvalue weighted by Crippen LogP contribution is 2.19. The number of methoxy groups -OCH3 is 1. The summed E-state index contributed by atoms with van der Waals surface area (Å²) in [4.78, 5) is 15.9.